The first-order chi connectivity index (χ1) is 7.38. The van der Waals surface area contributed by atoms with Crippen molar-refractivity contribution in [2.75, 3.05) is 13.1 Å². The summed E-state index contributed by atoms with van der Waals surface area (Å²) in [4.78, 5) is 0. The molecule has 2 nitrogen and oxygen atoms in total. The van der Waals surface area contributed by atoms with Gasteiger partial charge in [0.1, 0.15) is 0 Å². The van der Waals surface area contributed by atoms with Gasteiger partial charge in [-0.15, -0.1) is 0 Å². The molecule has 3 N–H and O–H groups in total. The zero-order valence-corrected chi connectivity index (χ0v) is 10.3. The van der Waals surface area contributed by atoms with E-state index in [0.29, 0.717) is 0 Å². The number of nitrogens with one attached hydrogen (secondary N) is 1. The Hall–Kier alpha value is -0.0800. The van der Waals surface area contributed by atoms with Gasteiger partial charge >= 0.3 is 0 Å². The van der Waals surface area contributed by atoms with E-state index in [1.807, 2.05) is 0 Å². The van der Waals surface area contributed by atoms with Crippen LogP contribution < -0.4 is 11.1 Å². The average Bonchev–Trinajstić information content (AvgIpc) is 2.96. The molecule has 2 heteroatoms. The van der Waals surface area contributed by atoms with Crippen LogP contribution in [0, 0.1) is 5.92 Å². The van der Waals surface area contributed by atoms with Crippen molar-refractivity contribution in [1.82, 2.24) is 5.32 Å². The molecule has 0 aromatic rings. The van der Waals surface area contributed by atoms with Crippen LogP contribution in [-0.4, -0.2) is 19.1 Å². The van der Waals surface area contributed by atoms with Gasteiger partial charge in [-0.3, -0.25) is 0 Å². The number of unbranched alkanes of at least 4 members (excludes halogenated alkanes) is 4. The van der Waals surface area contributed by atoms with Gasteiger partial charge in [0, 0.05) is 6.04 Å². The van der Waals surface area contributed by atoms with Crippen molar-refractivity contribution in [3.05, 3.63) is 0 Å². The summed E-state index contributed by atoms with van der Waals surface area (Å²) in [7, 11) is 0. The Morgan fingerprint density at radius 2 is 1.87 bits per heavy atom. The fourth-order valence-corrected chi connectivity index (χ4v) is 2.27. The van der Waals surface area contributed by atoms with Gasteiger partial charge in [0.2, 0.25) is 0 Å². The monoisotopic (exact) mass is 212 g/mol. The molecular weight excluding hydrogens is 184 g/mol. The van der Waals surface area contributed by atoms with Crippen LogP contribution in [0.3, 0.4) is 0 Å². The number of hydrogen-bond donors (Lipinski definition) is 2. The molecule has 15 heavy (non-hydrogen) atoms. The van der Waals surface area contributed by atoms with E-state index < -0.39 is 0 Å². The van der Waals surface area contributed by atoms with Crippen LogP contribution in [0.2, 0.25) is 0 Å². The van der Waals surface area contributed by atoms with E-state index in [2.05, 4.69) is 12.2 Å². The third kappa shape index (κ3) is 6.16. The quantitative estimate of drug-likeness (QED) is 0.546. The van der Waals surface area contributed by atoms with Crippen molar-refractivity contribution >= 4 is 0 Å². The van der Waals surface area contributed by atoms with Gasteiger partial charge in [-0.1, -0.05) is 32.6 Å². The molecule has 0 radical (unpaired) electrons. The lowest BCUT2D eigenvalue weighted by molar-refractivity contribution is 0.552. The Morgan fingerprint density at radius 1 is 1.13 bits per heavy atom. The Balaban J connectivity index is 1.75. The third-order valence-corrected chi connectivity index (χ3v) is 3.37. The van der Waals surface area contributed by atoms with E-state index in [0.717, 1.165) is 18.5 Å². The van der Waals surface area contributed by atoms with Crippen LogP contribution in [0.4, 0.5) is 0 Å². The molecule has 0 aromatic heterocycles. The maximum atomic E-state index is 5.45. The molecule has 0 bridgehead atoms. The van der Waals surface area contributed by atoms with E-state index in [1.165, 1.54) is 57.9 Å². The highest BCUT2D eigenvalue weighted by Gasteiger charge is 2.34. The summed E-state index contributed by atoms with van der Waals surface area (Å²) in [5.74, 6) is 1.01. The second kappa shape index (κ2) is 8.12. The van der Waals surface area contributed by atoms with E-state index >= 15 is 0 Å². The van der Waals surface area contributed by atoms with Crippen molar-refractivity contribution in [3.63, 3.8) is 0 Å². The first-order valence-corrected chi connectivity index (χ1v) is 6.82. The second-order valence-electron chi connectivity index (χ2n) is 4.90. The zero-order chi connectivity index (χ0) is 10.9. The Labute approximate surface area is 95.0 Å². The second-order valence-corrected chi connectivity index (χ2v) is 4.90. The molecule has 0 saturated heterocycles. The van der Waals surface area contributed by atoms with Gasteiger partial charge < -0.3 is 11.1 Å². The Morgan fingerprint density at radius 3 is 2.60 bits per heavy atom. The van der Waals surface area contributed by atoms with Crippen LogP contribution in [0.1, 0.15) is 58.3 Å². The molecule has 0 spiro atoms. The summed E-state index contributed by atoms with van der Waals surface area (Å²) >= 11 is 0. The molecule has 0 heterocycles. The van der Waals surface area contributed by atoms with Crippen molar-refractivity contribution in [3.8, 4) is 0 Å². The summed E-state index contributed by atoms with van der Waals surface area (Å²) in [5.41, 5.74) is 5.45. The topological polar surface area (TPSA) is 38.0 Å². The SMILES string of the molecule is CCCC1CC1NCCCCCCCN. The van der Waals surface area contributed by atoms with E-state index in [1.54, 1.807) is 0 Å². The number of nitrogens with two attached hydrogens (primary N) is 1. The lowest BCUT2D eigenvalue weighted by atomic mass is 10.1. The standard InChI is InChI=1S/C13H28N2/c1-2-8-12-11-13(12)15-10-7-5-3-4-6-9-14/h12-13,15H,2-11,14H2,1H3. The smallest absolute Gasteiger partial charge is 0.00991 e. The maximum Gasteiger partial charge on any atom is 0.00991 e. The fourth-order valence-electron chi connectivity index (χ4n) is 2.27. The molecule has 1 aliphatic carbocycles. The van der Waals surface area contributed by atoms with Crippen molar-refractivity contribution in [1.29, 1.82) is 0 Å². The van der Waals surface area contributed by atoms with Crippen LogP contribution in [0.5, 0.6) is 0 Å². The molecule has 2 unspecified atom stereocenters. The maximum absolute atomic E-state index is 5.45. The molecule has 0 amide bonds. The minimum Gasteiger partial charge on any atom is -0.330 e. The molecule has 1 rings (SSSR count). The number of hydrogen-bond acceptors (Lipinski definition) is 2. The molecule has 1 aliphatic rings. The molecular formula is C13H28N2. The minimum absolute atomic E-state index is 0.860. The van der Waals surface area contributed by atoms with Gasteiger partial charge in [0.15, 0.2) is 0 Å². The Kier molecular flexibility index (Phi) is 7.03. The normalized spacial score (nSPS) is 24.4. The number of rotatable bonds is 10. The summed E-state index contributed by atoms with van der Waals surface area (Å²) in [6, 6.07) is 0.869. The van der Waals surface area contributed by atoms with Gasteiger partial charge in [0.05, 0.1) is 0 Å². The highest BCUT2D eigenvalue weighted by Crippen LogP contribution is 2.34. The van der Waals surface area contributed by atoms with Crippen molar-refractivity contribution < 1.29 is 0 Å². The van der Waals surface area contributed by atoms with Crippen molar-refractivity contribution in [2.24, 2.45) is 11.7 Å². The summed E-state index contributed by atoms with van der Waals surface area (Å²) in [5, 5.41) is 3.66. The predicted octanol–water partition coefficient (Wildman–Crippen LogP) is 2.67. The van der Waals surface area contributed by atoms with Gasteiger partial charge in [-0.05, 0) is 44.7 Å². The lowest BCUT2D eigenvalue weighted by Crippen LogP contribution is -2.19. The van der Waals surface area contributed by atoms with Crippen LogP contribution in [-0.2, 0) is 0 Å². The van der Waals surface area contributed by atoms with E-state index in [-0.39, 0.29) is 0 Å². The van der Waals surface area contributed by atoms with Crippen LogP contribution >= 0.6 is 0 Å². The molecule has 1 saturated carbocycles. The van der Waals surface area contributed by atoms with Crippen molar-refractivity contribution in [2.45, 2.75) is 64.3 Å². The van der Waals surface area contributed by atoms with Crippen LogP contribution in [0.25, 0.3) is 0 Å². The molecule has 90 valence electrons. The highest BCUT2D eigenvalue weighted by molar-refractivity contribution is 4.92. The molecule has 0 aromatic carbocycles. The molecule has 1 fully saturated rings. The minimum atomic E-state index is 0.860. The lowest BCUT2D eigenvalue weighted by Gasteiger charge is -2.03. The van der Waals surface area contributed by atoms with Gasteiger partial charge in [-0.25, -0.2) is 0 Å². The first-order valence-electron chi connectivity index (χ1n) is 6.82. The van der Waals surface area contributed by atoms with Gasteiger partial charge in [-0.2, -0.15) is 0 Å². The summed E-state index contributed by atoms with van der Waals surface area (Å²) < 4.78 is 0. The third-order valence-electron chi connectivity index (χ3n) is 3.37. The van der Waals surface area contributed by atoms with Crippen LogP contribution in [0.15, 0.2) is 0 Å². The predicted molar refractivity (Wildman–Crippen MR) is 66.9 cm³/mol. The van der Waals surface area contributed by atoms with E-state index in [9.17, 15) is 0 Å². The Bertz CT molecular complexity index is 147. The first kappa shape index (κ1) is 13.0. The summed E-state index contributed by atoms with van der Waals surface area (Å²) in [6.07, 6.45) is 10.8. The highest BCUT2D eigenvalue weighted by atomic mass is 15.0. The fraction of sp³-hybridized carbons (Fsp3) is 1.00. The van der Waals surface area contributed by atoms with E-state index in [4.69, 9.17) is 5.73 Å². The molecule has 0 aliphatic heterocycles. The molecule has 2 atom stereocenters. The largest absolute Gasteiger partial charge is 0.330 e. The zero-order valence-electron chi connectivity index (χ0n) is 10.3. The summed E-state index contributed by atoms with van der Waals surface area (Å²) in [6.45, 7) is 4.37. The average molecular weight is 212 g/mol. The van der Waals surface area contributed by atoms with Gasteiger partial charge in [0.25, 0.3) is 0 Å².